The van der Waals surface area contributed by atoms with Gasteiger partial charge in [-0.05, 0) is 50.7 Å². The first-order chi connectivity index (χ1) is 12.0. The van der Waals surface area contributed by atoms with Crippen LogP contribution in [0.5, 0.6) is 0 Å². The summed E-state index contributed by atoms with van der Waals surface area (Å²) >= 11 is 1.36. The number of rotatable bonds is 8. The average Bonchev–Trinajstić information content (AvgIpc) is 2.57. The molecular formula is C19H26N4OS. The highest BCUT2D eigenvalue weighted by atomic mass is 32.2. The minimum Gasteiger partial charge on any atom is -0.325 e. The molecule has 0 aliphatic carbocycles. The Hall–Kier alpha value is -1.92. The molecule has 1 aromatic carbocycles. The van der Waals surface area contributed by atoms with Gasteiger partial charge in [-0.3, -0.25) is 9.69 Å². The van der Waals surface area contributed by atoms with Crippen LogP contribution in [0.15, 0.2) is 35.5 Å². The lowest BCUT2D eigenvalue weighted by Gasteiger charge is -2.18. The maximum Gasteiger partial charge on any atom is 0.234 e. The molecule has 1 N–H and O–H groups in total. The molecule has 5 nitrogen and oxygen atoms in total. The van der Waals surface area contributed by atoms with Crippen LogP contribution in [0, 0.1) is 13.8 Å². The summed E-state index contributed by atoms with van der Waals surface area (Å²) in [5.74, 6) is 0.246. The number of aromatic nitrogens is 2. The smallest absolute Gasteiger partial charge is 0.234 e. The molecule has 1 amide bonds. The number of benzene rings is 1. The number of hydrogen-bond donors (Lipinski definition) is 1. The molecule has 25 heavy (non-hydrogen) atoms. The number of nitrogens with zero attached hydrogens (tertiary/aromatic N) is 3. The van der Waals surface area contributed by atoms with E-state index in [1.807, 2.05) is 38.1 Å². The van der Waals surface area contributed by atoms with E-state index in [2.05, 4.69) is 40.1 Å². The van der Waals surface area contributed by atoms with Crippen LogP contribution >= 0.6 is 11.8 Å². The first-order valence-electron chi connectivity index (χ1n) is 8.56. The van der Waals surface area contributed by atoms with Crippen molar-refractivity contribution in [2.24, 2.45) is 0 Å². The fourth-order valence-electron chi connectivity index (χ4n) is 2.54. The third kappa shape index (κ3) is 6.48. The molecule has 134 valence electrons. The van der Waals surface area contributed by atoms with Gasteiger partial charge in [0.15, 0.2) is 5.16 Å². The number of thioether (sulfide) groups is 1. The van der Waals surface area contributed by atoms with Crippen molar-refractivity contribution in [1.29, 1.82) is 0 Å². The van der Waals surface area contributed by atoms with Crippen LogP contribution in [0.4, 0.5) is 5.69 Å². The fraction of sp³-hybridized carbons (Fsp3) is 0.421. The Morgan fingerprint density at radius 3 is 2.44 bits per heavy atom. The highest BCUT2D eigenvalue weighted by molar-refractivity contribution is 7.99. The number of carbonyl (C=O) groups is 1. The van der Waals surface area contributed by atoms with Crippen LogP contribution < -0.4 is 5.32 Å². The topological polar surface area (TPSA) is 58.1 Å². The highest BCUT2D eigenvalue weighted by Gasteiger charge is 2.08. The maximum atomic E-state index is 12.2. The molecule has 0 unspecified atom stereocenters. The molecule has 0 atom stereocenters. The lowest BCUT2D eigenvalue weighted by molar-refractivity contribution is -0.113. The van der Waals surface area contributed by atoms with E-state index in [0.29, 0.717) is 10.9 Å². The molecule has 1 heterocycles. The lowest BCUT2D eigenvalue weighted by atomic mass is 10.2. The second-order valence-electron chi connectivity index (χ2n) is 5.93. The third-order valence-corrected chi connectivity index (χ3v) is 4.65. The molecule has 0 radical (unpaired) electrons. The largest absolute Gasteiger partial charge is 0.325 e. The number of aryl methyl sites for hydroxylation is 2. The van der Waals surface area contributed by atoms with E-state index in [0.717, 1.165) is 36.7 Å². The van der Waals surface area contributed by atoms with Gasteiger partial charge in [0.25, 0.3) is 0 Å². The van der Waals surface area contributed by atoms with E-state index < -0.39 is 0 Å². The molecule has 0 bridgehead atoms. The van der Waals surface area contributed by atoms with E-state index in [4.69, 9.17) is 0 Å². The number of nitrogens with one attached hydrogen (secondary N) is 1. The quantitative estimate of drug-likeness (QED) is 0.576. The molecule has 0 fully saturated rings. The Balaban J connectivity index is 1.91. The van der Waals surface area contributed by atoms with Gasteiger partial charge in [0.1, 0.15) is 0 Å². The van der Waals surface area contributed by atoms with Gasteiger partial charge in [-0.2, -0.15) is 0 Å². The van der Waals surface area contributed by atoms with Gasteiger partial charge in [0.2, 0.25) is 5.91 Å². The Morgan fingerprint density at radius 2 is 1.80 bits per heavy atom. The number of anilines is 1. The predicted molar refractivity (Wildman–Crippen MR) is 104 cm³/mol. The molecule has 0 aliphatic rings. The molecule has 6 heteroatoms. The summed E-state index contributed by atoms with van der Waals surface area (Å²) in [5.41, 5.74) is 3.86. The SMILES string of the molecule is CCN(CC)Cc1cccc(NC(=O)CSc2nc(C)cc(C)n2)c1. The fourth-order valence-corrected chi connectivity index (χ4v) is 3.29. The van der Waals surface area contributed by atoms with Crippen molar-refractivity contribution in [3.8, 4) is 0 Å². The van der Waals surface area contributed by atoms with E-state index in [1.165, 1.54) is 17.3 Å². The van der Waals surface area contributed by atoms with Gasteiger partial charge in [-0.25, -0.2) is 9.97 Å². The van der Waals surface area contributed by atoms with Gasteiger partial charge in [-0.15, -0.1) is 0 Å². The van der Waals surface area contributed by atoms with Crippen LogP contribution in [-0.4, -0.2) is 39.6 Å². The molecule has 0 saturated heterocycles. The van der Waals surface area contributed by atoms with Crippen LogP contribution in [0.2, 0.25) is 0 Å². The van der Waals surface area contributed by atoms with Crippen LogP contribution in [0.1, 0.15) is 30.8 Å². The van der Waals surface area contributed by atoms with Crippen molar-refractivity contribution in [2.75, 3.05) is 24.2 Å². The Kier molecular flexibility index (Phi) is 7.40. The Bertz CT molecular complexity index is 696. The second kappa shape index (κ2) is 9.53. The normalized spacial score (nSPS) is 10.9. The van der Waals surface area contributed by atoms with Crippen LogP contribution in [0.25, 0.3) is 0 Å². The molecule has 0 spiro atoms. The molecule has 2 aromatic rings. The average molecular weight is 359 g/mol. The minimum absolute atomic E-state index is 0.0484. The maximum absolute atomic E-state index is 12.2. The van der Waals surface area contributed by atoms with E-state index >= 15 is 0 Å². The van der Waals surface area contributed by atoms with Crippen molar-refractivity contribution >= 4 is 23.4 Å². The van der Waals surface area contributed by atoms with Crippen molar-refractivity contribution in [2.45, 2.75) is 39.4 Å². The second-order valence-corrected chi connectivity index (χ2v) is 6.87. The summed E-state index contributed by atoms with van der Waals surface area (Å²) in [6, 6.07) is 9.95. The van der Waals surface area contributed by atoms with Crippen molar-refractivity contribution in [1.82, 2.24) is 14.9 Å². The zero-order valence-electron chi connectivity index (χ0n) is 15.4. The van der Waals surface area contributed by atoms with E-state index in [9.17, 15) is 4.79 Å². The molecule has 2 rings (SSSR count). The van der Waals surface area contributed by atoms with E-state index in [-0.39, 0.29) is 5.91 Å². The minimum atomic E-state index is -0.0484. The van der Waals surface area contributed by atoms with Gasteiger partial charge in [0, 0.05) is 23.6 Å². The molecule has 1 aromatic heterocycles. The Morgan fingerprint density at radius 1 is 1.12 bits per heavy atom. The number of carbonyl (C=O) groups excluding carboxylic acids is 1. The van der Waals surface area contributed by atoms with Crippen LogP contribution in [0.3, 0.4) is 0 Å². The standard InChI is InChI=1S/C19H26N4OS/c1-5-23(6-2)12-16-8-7-9-17(11-16)22-18(24)13-25-19-20-14(3)10-15(4)21-19/h7-11H,5-6,12-13H2,1-4H3,(H,22,24). The molecule has 0 saturated carbocycles. The van der Waals surface area contributed by atoms with Crippen molar-refractivity contribution < 1.29 is 4.79 Å². The zero-order valence-corrected chi connectivity index (χ0v) is 16.2. The first-order valence-corrected chi connectivity index (χ1v) is 9.55. The van der Waals surface area contributed by atoms with Gasteiger partial charge < -0.3 is 5.32 Å². The predicted octanol–water partition coefficient (Wildman–Crippen LogP) is 3.67. The summed E-state index contributed by atoms with van der Waals surface area (Å²) < 4.78 is 0. The summed E-state index contributed by atoms with van der Waals surface area (Å²) in [4.78, 5) is 23.2. The monoisotopic (exact) mass is 358 g/mol. The summed E-state index contributed by atoms with van der Waals surface area (Å²) in [6.07, 6.45) is 0. The summed E-state index contributed by atoms with van der Waals surface area (Å²) in [7, 11) is 0. The van der Waals surface area contributed by atoms with E-state index in [1.54, 1.807) is 0 Å². The zero-order chi connectivity index (χ0) is 18.2. The molecule has 0 aliphatic heterocycles. The summed E-state index contributed by atoms with van der Waals surface area (Å²) in [6.45, 7) is 11.1. The summed E-state index contributed by atoms with van der Waals surface area (Å²) in [5, 5.41) is 3.60. The van der Waals surface area contributed by atoms with Gasteiger partial charge in [-0.1, -0.05) is 37.7 Å². The van der Waals surface area contributed by atoms with Crippen molar-refractivity contribution in [3.63, 3.8) is 0 Å². The van der Waals surface area contributed by atoms with Gasteiger partial charge in [0.05, 0.1) is 5.75 Å². The first kappa shape index (κ1) is 19.4. The number of amides is 1. The highest BCUT2D eigenvalue weighted by Crippen LogP contribution is 2.16. The third-order valence-electron chi connectivity index (χ3n) is 3.81. The van der Waals surface area contributed by atoms with Crippen molar-refractivity contribution in [3.05, 3.63) is 47.3 Å². The Labute approximate surface area is 154 Å². The van der Waals surface area contributed by atoms with Crippen LogP contribution in [-0.2, 0) is 11.3 Å². The molecular weight excluding hydrogens is 332 g/mol. The lowest BCUT2D eigenvalue weighted by Crippen LogP contribution is -2.22. The van der Waals surface area contributed by atoms with Gasteiger partial charge >= 0.3 is 0 Å². The number of hydrogen-bond acceptors (Lipinski definition) is 5.